The molecule has 0 aromatic rings. The minimum absolute atomic E-state index is 0.00425. The summed E-state index contributed by atoms with van der Waals surface area (Å²) in [7, 11) is 0. The lowest BCUT2D eigenvalue weighted by Crippen LogP contribution is -2.51. The second-order valence-electron chi connectivity index (χ2n) is 6.49. The van der Waals surface area contributed by atoms with Gasteiger partial charge in [-0.1, -0.05) is 6.42 Å². The van der Waals surface area contributed by atoms with Gasteiger partial charge in [0.2, 0.25) is 5.91 Å². The molecule has 0 radical (unpaired) electrons. The number of nitrogens with one attached hydrogen (secondary N) is 1. The normalized spacial score (nSPS) is 23.3. The Morgan fingerprint density at radius 3 is 2.71 bits per heavy atom. The van der Waals surface area contributed by atoms with Gasteiger partial charge in [-0.05, 0) is 50.4 Å². The minimum Gasteiger partial charge on any atom is -0.382 e. The molecule has 3 N–H and O–H groups in total. The van der Waals surface area contributed by atoms with Crippen molar-refractivity contribution in [1.29, 1.82) is 0 Å². The average Bonchev–Trinajstić information content (AvgIpc) is 2.49. The number of hydrogen-bond acceptors (Lipinski definition) is 4. The highest BCUT2D eigenvalue weighted by Gasteiger charge is 2.37. The van der Waals surface area contributed by atoms with Crippen LogP contribution in [-0.4, -0.2) is 44.9 Å². The molecule has 2 aliphatic rings. The molecule has 21 heavy (non-hydrogen) atoms. The molecule has 1 saturated heterocycles. The molecule has 1 saturated carbocycles. The zero-order chi connectivity index (χ0) is 15.1. The number of nitrogens with two attached hydrogens (primary N) is 1. The highest BCUT2D eigenvalue weighted by Crippen LogP contribution is 2.43. The first-order valence-electron chi connectivity index (χ1n) is 8.36. The van der Waals surface area contributed by atoms with Crippen molar-refractivity contribution in [3.63, 3.8) is 0 Å². The van der Waals surface area contributed by atoms with Crippen molar-refractivity contribution in [2.45, 2.75) is 51.5 Å². The number of ether oxygens (including phenoxy) is 2. The first-order chi connectivity index (χ1) is 10.2. The molecule has 2 fully saturated rings. The lowest BCUT2D eigenvalue weighted by Gasteiger charge is -2.42. The van der Waals surface area contributed by atoms with Crippen LogP contribution in [0.2, 0.25) is 0 Å². The summed E-state index contributed by atoms with van der Waals surface area (Å²) in [5.74, 6) is 0.268. The molecule has 122 valence electrons. The summed E-state index contributed by atoms with van der Waals surface area (Å²) in [6, 6.07) is -0.391. The Morgan fingerprint density at radius 1 is 1.43 bits per heavy atom. The van der Waals surface area contributed by atoms with E-state index in [2.05, 4.69) is 5.32 Å². The van der Waals surface area contributed by atoms with Crippen molar-refractivity contribution in [3.8, 4) is 0 Å². The van der Waals surface area contributed by atoms with Gasteiger partial charge in [-0.15, -0.1) is 0 Å². The monoisotopic (exact) mass is 298 g/mol. The van der Waals surface area contributed by atoms with E-state index in [1.807, 2.05) is 6.92 Å². The van der Waals surface area contributed by atoms with Gasteiger partial charge in [-0.25, -0.2) is 0 Å². The largest absolute Gasteiger partial charge is 0.382 e. The minimum atomic E-state index is -0.391. The molecule has 0 aromatic carbocycles. The molecule has 1 unspecified atom stereocenters. The van der Waals surface area contributed by atoms with E-state index in [-0.39, 0.29) is 17.2 Å². The molecule has 2 rings (SSSR count). The molecule has 1 heterocycles. The highest BCUT2D eigenvalue weighted by molar-refractivity contribution is 5.81. The van der Waals surface area contributed by atoms with Crippen LogP contribution in [0.4, 0.5) is 0 Å². The summed E-state index contributed by atoms with van der Waals surface area (Å²) >= 11 is 0. The van der Waals surface area contributed by atoms with Crippen molar-refractivity contribution in [1.82, 2.24) is 5.32 Å². The van der Waals surface area contributed by atoms with E-state index in [0.29, 0.717) is 0 Å². The summed E-state index contributed by atoms with van der Waals surface area (Å²) < 4.78 is 10.8. The Bertz CT molecular complexity index is 325. The Hall–Kier alpha value is -0.650. The summed E-state index contributed by atoms with van der Waals surface area (Å²) in [6.45, 7) is 5.77. The molecule has 1 aliphatic carbocycles. The second kappa shape index (κ2) is 8.11. The average molecular weight is 298 g/mol. The summed E-state index contributed by atoms with van der Waals surface area (Å²) in [6.07, 6.45) is 6.45. The second-order valence-corrected chi connectivity index (χ2v) is 6.49. The molecule has 1 aliphatic heterocycles. The van der Waals surface area contributed by atoms with E-state index in [4.69, 9.17) is 15.2 Å². The molecule has 1 atom stereocenters. The van der Waals surface area contributed by atoms with Crippen LogP contribution in [0.1, 0.15) is 45.4 Å². The van der Waals surface area contributed by atoms with Gasteiger partial charge < -0.3 is 20.5 Å². The van der Waals surface area contributed by atoms with Crippen LogP contribution in [0.5, 0.6) is 0 Å². The maximum Gasteiger partial charge on any atom is 0.237 e. The summed E-state index contributed by atoms with van der Waals surface area (Å²) in [5.41, 5.74) is 6.36. The topological polar surface area (TPSA) is 73.6 Å². The number of hydrogen-bond donors (Lipinski definition) is 2. The molecule has 0 bridgehead atoms. The predicted molar refractivity (Wildman–Crippen MR) is 81.9 cm³/mol. The standard InChI is InChI=1S/C16H30N2O3/c1-2-20-11-8-16(6-3-7-16)12-18-15(19)14(17)13-4-9-21-10-5-13/h13-14H,2-12,17H2,1H3,(H,18,19). The van der Waals surface area contributed by atoms with E-state index >= 15 is 0 Å². The molecular formula is C16H30N2O3. The molecular weight excluding hydrogens is 268 g/mol. The first-order valence-corrected chi connectivity index (χ1v) is 8.36. The Labute approximate surface area is 127 Å². The van der Waals surface area contributed by atoms with E-state index in [1.165, 1.54) is 19.3 Å². The third-order valence-electron chi connectivity index (χ3n) is 5.11. The van der Waals surface area contributed by atoms with Crippen molar-refractivity contribution in [2.75, 3.05) is 33.0 Å². The first kappa shape index (κ1) is 16.7. The number of rotatable bonds is 8. The smallest absolute Gasteiger partial charge is 0.237 e. The van der Waals surface area contributed by atoms with Crippen molar-refractivity contribution < 1.29 is 14.3 Å². The molecule has 5 nitrogen and oxygen atoms in total. The van der Waals surface area contributed by atoms with Gasteiger partial charge in [-0.2, -0.15) is 0 Å². The third kappa shape index (κ3) is 4.66. The quantitative estimate of drug-likeness (QED) is 0.665. The van der Waals surface area contributed by atoms with Crippen molar-refractivity contribution >= 4 is 5.91 Å². The van der Waals surface area contributed by atoms with Gasteiger partial charge in [0.1, 0.15) is 0 Å². The molecule has 0 spiro atoms. The summed E-state index contributed by atoms with van der Waals surface area (Å²) in [5, 5.41) is 3.09. The van der Waals surface area contributed by atoms with Crippen molar-refractivity contribution in [2.24, 2.45) is 17.1 Å². The lowest BCUT2D eigenvalue weighted by atomic mass is 9.66. The van der Waals surface area contributed by atoms with Gasteiger partial charge in [0.05, 0.1) is 6.04 Å². The fourth-order valence-electron chi connectivity index (χ4n) is 3.31. The SMILES string of the molecule is CCOCCC1(CNC(=O)C(N)C2CCOCC2)CCC1. The van der Waals surface area contributed by atoms with Crippen LogP contribution in [-0.2, 0) is 14.3 Å². The Balaban J connectivity index is 1.73. The van der Waals surface area contributed by atoms with Crippen LogP contribution < -0.4 is 11.1 Å². The van der Waals surface area contributed by atoms with Gasteiger partial charge in [-0.3, -0.25) is 4.79 Å². The lowest BCUT2D eigenvalue weighted by molar-refractivity contribution is -0.125. The highest BCUT2D eigenvalue weighted by atomic mass is 16.5. The van der Waals surface area contributed by atoms with Gasteiger partial charge in [0, 0.05) is 33.0 Å². The van der Waals surface area contributed by atoms with E-state index in [9.17, 15) is 4.79 Å². The zero-order valence-corrected chi connectivity index (χ0v) is 13.2. The van der Waals surface area contributed by atoms with Crippen LogP contribution in [0.25, 0.3) is 0 Å². The van der Waals surface area contributed by atoms with Crippen LogP contribution in [0, 0.1) is 11.3 Å². The van der Waals surface area contributed by atoms with E-state index in [1.54, 1.807) is 0 Å². The number of carbonyl (C=O) groups excluding carboxylic acids is 1. The van der Waals surface area contributed by atoms with Crippen LogP contribution >= 0.6 is 0 Å². The molecule has 0 aromatic heterocycles. The molecule has 5 heteroatoms. The fourth-order valence-corrected chi connectivity index (χ4v) is 3.31. The third-order valence-corrected chi connectivity index (χ3v) is 5.11. The number of carbonyl (C=O) groups is 1. The van der Waals surface area contributed by atoms with Gasteiger partial charge >= 0.3 is 0 Å². The zero-order valence-electron chi connectivity index (χ0n) is 13.2. The van der Waals surface area contributed by atoms with Crippen LogP contribution in [0.3, 0.4) is 0 Å². The van der Waals surface area contributed by atoms with Gasteiger partial charge in [0.15, 0.2) is 0 Å². The summed E-state index contributed by atoms with van der Waals surface area (Å²) in [4.78, 5) is 12.3. The van der Waals surface area contributed by atoms with E-state index < -0.39 is 6.04 Å². The molecule has 1 amide bonds. The maximum atomic E-state index is 12.3. The predicted octanol–water partition coefficient (Wildman–Crippen LogP) is 1.45. The van der Waals surface area contributed by atoms with E-state index in [0.717, 1.165) is 52.2 Å². The fraction of sp³-hybridized carbons (Fsp3) is 0.938. The van der Waals surface area contributed by atoms with Crippen molar-refractivity contribution in [3.05, 3.63) is 0 Å². The van der Waals surface area contributed by atoms with Gasteiger partial charge in [0.25, 0.3) is 0 Å². The number of amides is 1. The Morgan fingerprint density at radius 2 is 2.14 bits per heavy atom. The Kier molecular flexibility index (Phi) is 6.45. The maximum absolute atomic E-state index is 12.3. The van der Waals surface area contributed by atoms with Crippen LogP contribution in [0.15, 0.2) is 0 Å².